The van der Waals surface area contributed by atoms with E-state index >= 15 is 0 Å². The van der Waals surface area contributed by atoms with Crippen molar-refractivity contribution in [1.82, 2.24) is 15.6 Å². The third kappa shape index (κ3) is 7.27. The van der Waals surface area contributed by atoms with Gasteiger partial charge in [0.2, 0.25) is 0 Å². The second-order valence-electron chi connectivity index (χ2n) is 7.27. The first-order valence-electron chi connectivity index (χ1n) is 10.6. The fourth-order valence-electron chi connectivity index (χ4n) is 3.54. The number of benzene rings is 1. The Labute approximate surface area is 181 Å². The number of aromatic nitrogens is 1. The molecule has 3 N–H and O–H groups in total. The number of hydrogen-bond donors (Lipinski definition) is 3. The van der Waals surface area contributed by atoms with E-state index in [9.17, 15) is 8.78 Å². The number of pyridine rings is 1. The summed E-state index contributed by atoms with van der Waals surface area (Å²) in [5, 5.41) is 10.1. The molecule has 0 radical (unpaired) electrons. The summed E-state index contributed by atoms with van der Waals surface area (Å²) >= 11 is 0. The Kier molecular flexibility index (Phi) is 8.69. The van der Waals surface area contributed by atoms with E-state index in [0.29, 0.717) is 12.2 Å². The second-order valence-corrected chi connectivity index (χ2v) is 7.27. The average molecular weight is 433 g/mol. The second kappa shape index (κ2) is 11.9. The van der Waals surface area contributed by atoms with Crippen LogP contribution in [0.4, 0.5) is 20.3 Å². The van der Waals surface area contributed by atoms with Crippen molar-refractivity contribution in [1.29, 1.82) is 0 Å². The number of unbranched alkanes of at least 4 members (excludes halogenated alkanes) is 1. The number of rotatable bonds is 10. The minimum absolute atomic E-state index is 0.177. The Hall–Kier alpha value is -3.10. The van der Waals surface area contributed by atoms with Crippen LogP contribution in [0.25, 0.3) is 0 Å². The summed E-state index contributed by atoms with van der Waals surface area (Å²) in [5.41, 5.74) is 0.690. The lowest BCUT2D eigenvalue weighted by atomic mass is 10.2. The summed E-state index contributed by atoms with van der Waals surface area (Å²) in [6, 6.07) is 12.9. The molecule has 0 spiro atoms. The summed E-state index contributed by atoms with van der Waals surface area (Å²) in [7, 11) is 1.75. The first-order chi connectivity index (χ1) is 15.2. The zero-order valence-corrected chi connectivity index (χ0v) is 17.7. The normalized spacial score (nSPS) is 16.5. The lowest BCUT2D eigenvalue weighted by Crippen LogP contribution is -2.44. The van der Waals surface area contributed by atoms with E-state index in [2.05, 4.69) is 35.6 Å². The molecule has 1 saturated heterocycles. The van der Waals surface area contributed by atoms with Gasteiger partial charge >= 0.3 is 6.61 Å². The van der Waals surface area contributed by atoms with Gasteiger partial charge in [-0.25, -0.2) is 4.98 Å². The number of guanidine groups is 1. The van der Waals surface area contributed by atoms with Crippen LogP contribution in [-0.4, -0.2) is 56.8 Å². The van der Waals surface area contributed by atoms with Gasteiger partial charge in [-0.1, -0.05) is 18.2 Å². The van der Waals surface area contributed by atoms with Crippen molar-refractivity contribution in [3.8, 4) is 5.75 Å². The van der Waals surface area contributed by atoms with Gasteiger partial charge in [0.15, 0.2) is 5.96 Å². The fourth-order valence-corrected chi connectivity index (χ4v) is 3.54. The van der Waals surface area contributed by atoms with Gasteiger partial charge in [-0.05, 0) is 43.5 Å². The van der Waals surface area contributed by atoms with Gasteiger partial charge in [-0.2, -0.15) is 8.78 Å². The Morgan fingerprint density at radius 1 is 1.19 bits per heavy atom. The van der Waals surface area contributed by atoms with E-state index in [1.165, 1.54) is 0 Å². The minimum atomic E-state index is -2.83. The SMILES string of the molecule is CN=C(NCCCCNc1ccccn1)NC1CCN(c2ccccc2OC(F)F)C1. The molecule has 1 aliphatic heterocycles. The fraction of sp³-hybridized carbons (Fsp3) is 0.455. The Morgan fingerprint density at radius 2 is 2.00 bits per heavy atom. The van der Waals surface area contributed by atoms with Crippen LogP contribution in [0.15, 0.2) is 53.7 Å². The van der Waals surface area contributed by atoms with Gasteiger partial charge in [0.25, 0.3) is 0 Å². The molecular weight excluding hydrogens is 402 g/mol. The smallest absolute Gasteiger partial charge is 0.387 e. The van der Waals surface area contributed by atoms with Crippen LogP contribution in [0.2, 0.25) is 0 Å². The number of ether oxygens (including phenoxy) is 1. The number of halogens is 2. The quantitative estimate of drug-likeness (QED) is 0.304. The van der Waals surface area contributed by atoms with Crippen molar-refractivity contribution in [2.75, 3.05) is 43.4 Å². The highest BCUT2D eigenvalue weighted by Crippen LogP contribution is 2.31. The van der Waals surface area contributed by atoms with Crippen LogP contribution in [-0.2, 0) is 0 Å². The largest absolute Gasteiger partial charge is 0.433 e. The van der Waals surface area contributed by atoms with Gasteiger partial charge in [0.1, 0.15) is 11.6 Å². The Morgan fingerprint density at radius 3 is 2.77 bits per heavy atom. The van der Waals surface area contributed by atoms with E-state index in [4.69, 9.17) is 0 Å². The number of hydrogen-bond acceptors (Lipinski definition) is 5. The molecule has 0 saturated carbocycles. The van der Waals surface area contributed by atoms with Gasteiger partial charge in [0.05, 0.1) is 5.69 Å². The summed E-state index contributed by atoms with van der Waals surface area (Å²) in [5.74, 6) is 1.85. The molecule has 9 heteroatoms. The third-order valence-electron chi connectivity index (χ3n) is 5.04. The molecule has 168 valence electrons. The molecule has 1 unspecified atom stereocenters. The van der Waals surface area contributed by atoms with Crippen LogP contribution >= 0.6 is 0 Å². The molecule has 0 bridgehead atoms. The lowest BCUT2D eigenvalue weighted by molar-refractivity contribution is -0.0495. The number of para-hydroxylation sites is 2. The standard InChI is InChI=1S/C22H30F2N6O/c1-25-22(28-14-7-6-13-27-20-10-4-5-12-26-20)29-17-11-15-30(16-17)18-8-2-3-9-19(18)31-21(23)24/h2-5,8-10,12,17,21H,6-7,11,13-16H2,1H3,(H,26,27)(H2,25,28,29). The average Bonchev–Trinajstić information content (AvgIpc) is 3.24. The van der Waals surface area contributed by atoms with E-state index < -0.39 is 6.61 Å². The zero-order valence-electron chi connectivity index (χ0n) is 17.7. The summed E-state index contributed by atoms with van der Waals surface area (Å²) < 4.78 is 30.0. The maximum absolute atomic E-state index is 12.7. The number of nitrogens with one attached hydrogen (secondary N) is 3. The molecule has 31 heavy (non-hydrogen) atoms. The van der Waals surface area contributed by atoms with E-state index in [1.54, 1.807) is 25.4 Å². The monoisotopic (exact) mass is 432 g/mol. The lowest BCUT2D eigenvalue weighted by Gasteiger charge is -2.22. The van der Waals surface area contributed by atoms with Gasteiger partial charge < -0.3 is 25.6 Å². The van der Waals surface area contributed by atoms with E-state index in [-0.39, 0.29) is 11.8 Å². The summed E-state index contributed by atoms with van der Waals surface area (Å²) in [6.45, 7) is 0.295. The number of aliphatic imine (C=N–C) groups is 1. The van der Waals surface area contributed by atoms with E-state index in [1.807, 2.05) is 30.3 Å². The Bertz CT molecular complexity index is 821. The number of anilines is 2. The first kappa shape index (κ1) is 22.6. The highest BCUT2D eigenvalue weighted by atomic mass is 19.3. The predicted octanol–water partition coefficient (Wildman–Crippen LogP) is 3.32. The highest BCUT2D eigenvalue weighted by Gasteiger charge is 2.25. The molecule has 2 aromatic rings. The minimum Gasteiger partial charge on any atom is -0.433 e. The van der Waals surface area contributed by atoms with Crippen LogP contribution in [0, 0.1) is 0 Å². The van der Waals surface area contributed by atoms with Crippen LogP contribution in [0.3, 0.4) is 0 Å². The molecular formula is C22H30F2N6O. The van der Waals surface area contributed by atoms with Gasteiger partial charge in [0, 0.05) is 45.5 Å². The van der Waals surface area contributed by atoms with Crippen molar-refractivity contribution in [2.24, 2.45) is 4.99 Å². The molecule has 7 nitrogen and oxygen atoms in total. The zero-order chi connectivity index (χ0) is 21.9. The molecule has 2 heterocycles. The maximum Gasteiger partial charge on any atom is 0.387 e. The van der Waals surface area contributed by atoms with E-state index in [0.717, 1.165) is 50.7 Å². The molecule has 0 amide bonds. The van der Waals surface area contributed by atoms with Crippen molar-refractivity contribution in [2.45, 2.75) is 31.9 Å². The topological polar surface area (TPSA) is 73.8 Å². The Balaban J connectivity index is 1.38. The van der Waals surface area contributed by atoms with Crippen LogP contribution in [0.1, 0.15) is 19.3 Å². The molecule has 1 aromatic carbocycles. The van der Waals surface area contributed by atoms with Crippen LogP contribution in [0.5, 0.6) is 5.75 Å². The maximum atomic E-state index is 12.7. The highest BCUT2D eigenvalue weighted by molar-refractivity contribution is 5.80. The first-order valence-corrected chi connectivity index (χ1v) is 10.6. The van der Waals surface area contributed by atoms with Crippen molar-refractivity contribution in [3.05, 3.63) is 48.7 Å². The molecule has 1 fully saturated rings. The van der Waals surface area contributed by atoms with Crippen molar-refractivity contribution in [3.63, 3.8) is 0 Å². The molecule has 0 aliphatic carbocycles. The summed E-state index contributed by atoms with van der Waals surface area (Å²) in [6.07, 6.45) is 4.67. The third-order valence-corrected chi connectivity index (χ3v) is 5.04. The number of alkyl halides is 2. The van der Waals surface area contributed by atoms with Crippen LogP contribution < -0.4 is 25.6 Å². The van der Waals surface area contributed by atoms with Gasteiger partial charge in [-0.3, -0.25) is 4.99 Å². The number of nitrogens with zero attached hydrogens (tertiary/aromatic N) is 3. The predicted molar refractivity (Wildman–Crippen MR) is 120 cm³/mol. The molecule has 3 rings (SSSR count). The molecule has 1 aliphatic rings. The molecule has 1 aromatic heterocycles. The molecule has 1 atom stereocenters. The van der Waals surface area contributed by atoms with Crippen molar-refractivity contribution >= 4 is 17.5 Å². The summed E-state index contributed by atoms with van der Waals surface area (Å²) in [4.78, 5) is 10.6. The van der Waals surface area contributed by atoms with Gasteiger partial charge in [-0.15, -0.1) is 0 Å². The van der Waals surface area contributed by atoms with Crippen molar-refractivity contribution < 1.29 is 13.5 Å².